The predicted molar refractivity (Wildman–Crippen MR) is 136 cm³/mol. The fourth-order valence-corrected chi connectivity index (χ4v) is 4.75. The maximum absolute atomic E-state index is 10.5. The Bertz CT molecular complexity index is 499. The first-order valence-corrected chi connectivity index (χ1v) is 12.2. The lowest BCUT2D eigenvalue weighted by Gasteiger charge is -2.39. The highest BCUT2D eigenvalue weighted by atomic mass is 35.5. The van der Waals surface area contributed by atoms with Gasteiger partial charge < -0.3 is 5.11 Å². The van der Waals surface area contributed by atoms with Crippen molar-refractivity contribution in [1.29, 1.82) is 0 Å². The van der Waals surface area contributed by atoms with Gasteiger partial charge in [0.1, 0.15) is 0 Å². The summed E-state index contributed by atoms with van der Waals surface area (Å²) in [5, 5.41) is 10.5. The molecule has 1 aliphatic heterocycles. The van der Waals surface area contributed by atoms with E-state index < -0.39 is 0 Å². The SMILES string of the molecule is CCCCCCCCCCCCC(O)CN1CCC(c2ccccc2)CC1C.Cl.Cl. The summed E-state index contributed by atoms with van der Waals surface area (Å²) in [5.41, 5.74) is 1.49. The average molecular weight is 461 g/mol. The van der Waals surface area contributed by atoms with E-state index >= 15 is 0 Å². The highest BCUT2D eigenvalue weighted by Gasteiger charge is 2.27. The van der Waals surface area contributed by atoms with Crippen LogP contribution in [0.3, 0.4) is 0 Å². The molecule has 1 heterocycles. The fraction of sp³-hybridized carbons (Fsp3) is 0.769. The maximum atomic E-state index is 10.5. The molecule has 0 amide bonds. The number of hydrogen-bond acceptors (Lipinski definition) is 2. The van der Waals surface area contributed by atoms with Crippen molar-refractivity contribution in [3.63, 3.8) is 0 Å². The topological polar surface area (TPSA) is 23.5 Å². The van der Waals surface area contributed by atoms with Gasteiger partial charge in [-0.05, 0) is 44.2 Å². The number of aliphatic hydroxyl groups excluding tert-OH is 1. The van der Waals surface area contributed by atoms with Gasteiger partial charge in [-0.25, -0.2) is 0 Å². The number of likely N-dealkylation sites (tertiary alicyclic amines) is 1. The molecule has 0 aliphatic carbocycles. The average Bonchev–Trinajstić information content (AvgIpc) is 2.71. The summed E-state index contributed by atoms with van der Waals surface area (Å²) in [5.74, 6) is 0.687. The van der Waals surface area contributed by atoms with Crippen LogP contribution in [0.15, 0.2) is 30.3 Å². The zero-order valence-corrected chi connectivity index (χ0v) is 21.1. The quantitative estimate of drug-likeness (QED) is 0.287. The monoisotopic (exact) mass is 459 g/mol. The largest absolute Gasteiger partial charge is 0.392 e. The summed E-state index contributed by atoms with van der Waals surface area (Å²) in [6.07, 6.45) is 16.9. The van der Waals surface area contributed by atoms with Gasteiger partial charge in [-0.1, -0.05) is 101 Å². The number of benzene rings is 1. The summed E-state index contributed by atoms with van der Waals surface area (Å²) in [4.78, 5) is 2.51. The van der Waals surface area contributed by atoms with Crippen molar-refractivity contribution in [3.05, 3.63) is 35.9 Å². The molecule has 1 aromatic rings. The maximum Gasteiger partial charge on any atom is 0.0667 e. The molecular formula is C26H47Cl2NO. The fourth-order valence-electron chi connectivity index (χ4n) is 4.75. The summed E-state index contributed by atoms with van der Waals surface area (Å²) in [6, 6.07) is 11.5. The van der Waals surface area contributed by atoms with Crippen LogP contribution in [0.2, 0.25) is 0 Å². The van der Waals surface area contributed by atoms with E-state index in [1.807, 2.05) is 0 Å². The molecule has 0 saturated carbocycles. The van der Waals surface area contributed by atoms with E-state index in [-0.39, 0.29) is 30.9 Å². The lowest BCUT2D eigenvalue weighted by atomic mass is 9.85. The van der Waals surface area contributed by atoms with Crippen LogP contribution in [-0.4, -0.2) is 35.2 Å². The molecule has 30 heavy (non-hydrogen) atoms. The van der Waals surface area contributed by atoms with Crippen molar-refractivity contribution in [2.45, 2.75) is 115 Å². The molecular weight excluding hydrogens is 413 g/mol. The highest BCUT2D eigenvalue weighted by Crippen LogP contribution is 2.31. The molecule has 1 N–H and O–H groups in total. The minimum atomic E-state index is -0.148. The van der Waals surface area contributed by atoms with Gasteiger partial charge in [0.15, 0.2) is 0 Å². The second-order valence-electron chi connectivity index (χ2n) is 9.10. The first kappa shape index (κ1) is 29.7. The molecule has 1 aromatic carbocycles. The Labute approximate surface area is 199 Å². The van der Waals surface area contributed by atoms with Crippen molar-refractivity contribution in [2.75, 3.05) is 13.1 Å². The van der Waals surface area contributed by atoms with Crippen LogP contribution in [0.1, 0.15) is 109 Å². The minimum Gasteiger partial charge on any atom is -0.392 e. The molecule has 1 aliphatic rings. The van der Waals surface area contributed by atoms with Crippen molar-refractivity contribution >= 4 is 24.8 Å². The lowest BCUT2D eigenvalue weighted by molar-refractivity contribution is 0.0620. The number of halogens is 2. The summed E-state index contributed by atoms with van der Waals surface area (Å²) >= 11 is 0. The van der Waals surface area contributed by atoms with Crippen LogP contribution in [-0.2, 0) is 0 Å². The Morgan fingerprint density at radius 3 is 2.03 bits per heavy atom. The zero-order chi connectivity index (χ0) is 20.0. The van der Waals surface area contributed by atoms with E-state index in [2.05, 4.69) is 49.1 Å². The van der Waals surface area contributed by atoms with Gasteiger partial charge in [-0.15, -0.1) is 24.8 Å². The van der Waals surface area contributed by atoms with Crippen molar-refractivity contribution < 1.29 is 5.11 Å². The van der Waals surface area contributed by atoms with Gasteiger partial charge in [-0.3, -0.25) is 4.90 Å². The Balaban J connectivity index is 0.00000420. The number of unbranched alkanes of at least 4 members (excludes halogenated alkanes) is 9. The Hall–Kier alpha value is -0.280. The van der Waals surface area contributed by atoms with Gasteiger partial charge in [0.25, 0.3) is 0 Å². The third-order valence-corrected chi connectivity index (χ3v) is 6.62. The summed E-state index contributed by atoms with van der Waals surface area (Å²) in [7, 11) is 0. The second-order valence-corrected chi connectivity index (χ2v) is 9.10. The first-order chi connectivity index (χ1) is 13.7. The van der Waals surface area contributed by atoms with Crippen molar-refractivity contribution in [2.24, 2.45) is 0 Å². The zero-order valence-electron chi connectivity index (χ0n) is 19.4. The van der Waals surface area contributed by atoms with Crippen LogP contribution in [0.4, 0.5) is 0 Å². The normalized spacial score (nSPS) is 20.2. The number of aliphatic hydroxyl groups is 1. The van der Waals surface area contributed by atoms with Crippen molar-refractivity contribution in [3.8, 4) is 0 Å². The molecule has 0 aromatic heterocycles. The summed E-state index contributed by atoms with van der Waals surface area (Å²) in [6.45, 7) is 6.60. The molecule has 0 spiro atoms. The molecule has 1 fully saturated rings. The standard InChI is InChI=1S/C26H45NO.2ClH/c1-3-4-5-6-7-8-9-10-11-15-18-26(28)22-27-20-19-25(21-23(27)2)24-16-13-12-14-17-24;;/h12-14,16-17,23,25-26,28H,3-11,15,18-22H2,1-2H3;2*1H. The van der Waals surface area contributed by atoms with Gasteiger partial charge in [0.2, 0.25) is 0 Å². The molecule has 3 atom stereocenters. The minimum absolute atomic E-state index is 0. The van der Waals surface area contributed by atoms with Crippen LogP contribution < -0.4 is 0 Å². The molecule has 4 heteroatoms. The lowest BCUT2D eigenvalue weighted by Crippen LogP contribution is -2.44. The first-order valence-electron chi connectivity index (χ1n) is 12.2. The van der Waals surface area contributed by atoms with Crippen LogP contribution in [0.5, 0.6) is 0 Å². The molecule has 3 unspecified atom stereocenters. The highest BCUT2D eigenvalue weighted by molar-refractivity contribution is 5.85. The number of nitrogens with zero attached hydrogens (tertiary/aromatic N) is 1. The number of hydrogen-bond donors (Lipinski definition) is 1. The molecule has 1 saturated heterocycles. The number of piperidine rings is 1. The van der Waals surface area contributed by atoms with Crippen LogP contribution >= 0.6 is 24.8 Å². The second kappa shape index (κ2) is 18.3. The Morgan fingerprint density at radius 1 is 0.900 bits per heavy atom. The number of rotatable bonds is 14. The van der Waals surface area contributed by atoms with E-state index in [4.69, 9.17) is 0 Å². The van der Waals surface area contributed by atoms with E-state index in [0.717, 1.165) is 19.5 Å². The third-order valence-electron chi connectivity index (χ3n) is 6.62. The Kier molecular flexibility index (Phi) is 18.1. The van der Waals surface area contributed by atoms with E-state index in [1.165, 1.54) is 82.6 Å². The molecule has 2 nitrogen and oxygen atoms in total. The van der Waals surface area contributed by atoms with Gasteiger partial charge in [0, 0.05) is 12.6 Å². The van der Waals surface area contributed by atoms with E-state index in [0.29, 0.717) is 12.0 Å². The predicted octanol–water partition coefficient (Wildman–Crippen LogP) is 7.77. The molecule has 176 valence electrons. The smallest absolute Gasteiger partial charge is 0.0667 e. The Morgan fingerprint density at radius 2 is 1.47 bits per heavy atom. The number of β-amino-alcohol motifs (C(OH)–C–C–N with tert-alkyl or cyclic N) is 1. The van der Waals surface area contributed by atoms with Crippen LogP contribution in [0, 0.1) is 0 Å². The van der Waals surface area contributed by atoms with Gasteiger partial charge >= 0.3 is 0 Å². The van der Waals surface area contributed by atoms with Gasteiger partial charge in [0.05, 0.1) is 6.10 Å². The third kappa shape index (κ3) is 11.9. The van der Waals surface area contributed by atoms with Crippen LogP contribution in [0.25, 0.3) is 0 Å². The van der Waals surface area contributed by atoms with E-state index in [9.17, 15) is 5.11 Å². The molecule has 2 rings (SSSR count). The molecule has 0 radical (unpaired) electrons. The molecule has 0 bridgehead atoms. The van der Waals surface area contributed by atoms with Gasteiger partial charge in [-0.2, -0.15) is 0 Å². The van der Waals surface area contributed by atoms with E-state index in [1.54, 1.807) is 0 Å². The van der Waals surface area contributed by atoms with Crippen molar-refractivity contribution in [1.82, 2.24) is 4.90 Å². The summed E-state index contributed by atoms with van der Waals surface area (Å²) < 4.78 is 0.